The van der Waals surface area contributed by atoms with Crippen LogP contribution in [0.3, 0.4) is 0 Å². The largest absolute Gasteiger partial charge is 0.352 e. The Morgan fingerprint density at radius 1 is 1.14 bits per heavy atom. The third kappa shape index (κ3) is 5.81. The van der Waals surface area contributed by atoms with Crippen LogP contribution in [0.25, 0.3) is 0 Å². The topological polar surface area (TPSA) is 61.4 Å². The SMILES string of the molecule is Cc1ccc(Cl)cc1NC(=O)C(C)N1CCC(C(=O)NCc2ccccc2)CC1. The predicted octanol–water partition coefficient (Wildman–Crippen LogP) is 4.00. The van der Waals surface area contributed by atoms with Crippen molar-refractivity contribution in [3.8, 4) is 0 Å². The molecule has 1 atom stereocenters. The van der Waals surface area contributed by atoms with Crippen molar-refractivity contribution in [1.29, 1.82) is 0 Å². The average molecular weight is 414 g/mol. The van der Waals surface area contributed by atoms with E-state index in [9.17, 15) is 9.59 Å². The van der Waals surface area contributed by atoms with Gasteiger partial charge < -0.3 is 10.6 Å². The maximum absolute atomic E-state index is 12.7. The standard InChI is InChI=1S/C23H28ClN3O2/c1-16-8-9-20(24)14-21(16)26-22(28)17(2)27-12-10-19(11-13-27)23(29)25-15-18-6-4-3-5-7-18/h3-9,14,17,19H,10-13,15H2,1-2H3,(H,25,29)(H,26,28). The molecule has 1 heterocycles. The van der Waals surface area contributed by atoms with E-state index in [-0.39, 0.29) is 23.8 Å². The smallest absolute Gasteiger partial charge is 0.241 e. The van der Waals surface area contributed by atoms with Crippen LogP contribution in [0.5, 0.6) is 0 Å². The van der Waals surface area contributed by atoms with Gasteiger partial charge in [0.1, 0.15) is 0 Å². The lowest BCUT2D eigenvalue weighted by Gasteiger charge is -2.34. The minimum Gasteiger partial charge on any atom is -0.352 e. The molecule has 29 heavy (non-hydrogen) atoms. The Morgan fingerprint density at radius 2 is 1.83 bits per heavy atom. The summed E-state index contributed by atoms with van der Waals surface area (Å²) in [7, 11) is 0. The van der Waals surface area contributed by atoms with Crippen LogP contribution in [-0.2, 0) is 16.1 Å². The zero-order chi connectivity index (χ0) is 20.8. The summed E-state index contributed by atoms with van der Waals surface area (Å²) in [4.78, 5) is 27.3. The fraction of sp³-hybridized carbons (Fsp3) is 0.391. The van der Waals surface area contributed by atoms with Crippen LogP contribution in [-0.4, -0.2) is 35.8 Å². The lowest BCUT2D eigenvalue weighted by Crippen LogP contribution is -2.48. The van der Waals surface area contributed by atoms with Gasteiger partial charge in [-0.15, -0.1) is 0 Å². The van der Waals surface area contributed by atoms with E-state index >= 15 is 0 Å². The second-order valence-electron chi connectivity index (χ2n) is 7.64. The normalized spacial score (nSPS) is 16.2. The molecule has 1 saturated heterocycles. The Labute approximate surface area is 177 Å². The number of benzene rings is 2. The second-order valence-corrected chi connectivity index (χ2v) is 8.07. The van der Waals surface area contributed by atoms with Gasteiger partial charge in [0.15, 0.2) is 0 Å². The van der Waals surface area contributed by atoms with Crippen LogP contribution in [0.4, 0.5) is 5.69 Å². The van der Waals surface area contributed by atoms with Crippen LogP contribution < -0.4 is 10.6 Å². The van der Waals surface area contributed by atoms with Crippen molar-refractivity contribution in [1.82, 2.24) is 10.2 Å². The molecule has 0 spiro atoms. The molecule has 2 amide bonds. The van der Waals surface area contributed by atoms with Gasteiger partial charge in [-0.25, -0.2) is 0 Å². The van der Waals surface area contributed by atoms with Gasteiger partial charge in [0, 0.05) is 23.2 Å². The minimum atomic E-state index is -0.262. The Kier molecular flexibility index (Phi) is 7.29. The van der Waals surface area contributed by atoms with Crippen molar-refractivity contribution < 1.29 is 9.59 Å². The first-order chi connectivity index (χ1) is 13.9. The summed E-state index contributed by atoms with van der Waals surface area (Å²) in [6, 6.07) is 15.1. The van der Waals surface area contributed by atoms with Crippen molar-refractivity contribution >= 4 is 29.1 Å². The lowest BCUT2D eigenvalue weighted by atomic mass is 9.94. The van der Waals surface area contributed by atoms with E-state index in [2.05, 4.69) is 15.5 Å². The first-order valence-corrected chi connectivity index (χ1v) is 10.4. The second kappa shape index (κ2) is 9.90. The lowest BCUT2D eigenvalue weighted by molar-refractivity contribution is -0.127. The van der Waals surface area contributed by atoms with E-state index < -0.39 is 0 Å². The third-order valence-electron chi connectivity index (χ3n) is 5.59. The highest BCUT2D eigenvalue weighted by molar-refractivity contribution is 6.31. The van der Waals surface area contributed by atoms with Gasteiger partial charge in [-0.05, 0) is 63.0 Å². The quantitative estimate of drug-likeness (QED) is 0.752. The molecule has 0 saturated carbocycles. The summed E-state index contributed by atoms with van der Waals surface area (Å²) in [5.41, 5.74) is 2.81. The maximum atomic E-state index is 12.7. The van der Waals surface area contributed by atoms with Crippen LogP contribution >= 0.6 is 11.6 Å². The molecule has 3 rings (SSSR count). The molecule has 1 fully saturated rings. The molecule has 2 N–H and O–H groups in total. The summed E-state index contributed by atoms with van der Waals surface area (Å²) in [6.07, 6.45) is 1.52. The number of carbonyl (C=O) groups is 2. The van der Waals surface area contributed by atoms with Gasteiger partial charge in [0.2, 0.25) is 11.8 Å². The van der Waals surface area contributed by atoms with Gasteiger partial charge in [-0.1, -0.05) is 48.0 Å². The Balaban J connectivity index is 1.47. The van der Waals surface area contributed by atoms with Crippen molar-refractivity contribution in [2.75, 3.05) is 18.4 Å². The number of hydrogen-bond donors (Lipinski definition) is 2. The summed E-state index contributed by atoms with van der Waals surface area (Å²) >= 11 is 6.04. The number of nitrogens with one attached hydrogen (secondary N) is 2. The minimum absolute atomic E-state index is 0.000368. The van der Waals surface area contributed by atoms with E-state index in [1.54, 1.807) is 6.07 Å². The summed E-state index contributed by atoms with van der Waals surface area (Å²) in [5.74, 6) is 0.0444. The number of hydrogen-bond acceptors (Lipinski definition) is 3. The van der Waals surface area contributed by atoms with Crippen molar-refractivity contribution in [3.05, 3.63) is 64.7 Å². The Hall–Kier alpha value is -2.37. The molecule has 6 heteroatoms. The molecular weight excluding hydrogens is 386 g/mol. The number of nitrogens with zero attached hydrogens (tertiary/aromatic N) is 1. The highest BCUT2D eigenvalue weighted by Crippen LogP contribution is 2.23. The number of halogens is 1. The van der Waals surface area contributed by atoms with Gasteiger partial charge >= 0.3 is 0 Å². The average Bonchev–Trinajstić information content (AvgIpc) is 2.75. The Morgan fingerprint density at radius 3 is 2.52 bits per heavy atom. The summed E-state index contributed by atoms with van der Waals surface area (Å²) < 4.78 is 0. The molecule has 5 nitrogen and oxygen atoms in total. The molecule has 0 radical (unpaired) electrons. The zero-order valence-corrected chi connectivity index (χ0v) is 17.7. The van der Waals surface area contributed by atoms with Crippen molar-refractivity contribution in [2.45, 2.75) is 39.3 Å². The monoisotopic (exact) mass is 413 g/mol. The molecule has 0 bridgehead atoms. The van der Waals surface area contributed by atoms with Crippen LogP contribution in [0.1, 0.15) is 30.9 Å². The molecule has 0 aliphatic carbocycles. The molecule has 0 aromatic heterocycles. The fourth-order valence-corrected chi connectivity index (χ4v) is 3.78. The van der Waals surface area contributed by atoms with E-state index in [0.717, 1.165) is 42.7 Å². The van der Waals surface area contributed by atoms with Crippen LogP contribution in [0, 0.1) is 12.8 Å². The highest BCUT2D eigenvalue weighted by Gasteiger charge is 2.29. The summed E-state index contributed by atoms with van der Waals surface area (Å²) in [6.45, 7) is 5.86. The number of amides is 2. The third-order valence-corrected chi connectivity index (χ3v) is 5.83. The zero-order valence-electron chi connectivity index (χ0n) is 17.0. The van der Waals surface area contributed by atoms with Crippen LogP contribution in [0.2, 0.25) is 5.02 Å². The Bertz CT molecular complexity index is 848. The van der Waals surface area contributed by atoms with E-state index in [1.165, 1.54) is 0 Å². The molecule has 1 aliphatic heterocycles. The summed E-state index contributed by atoms with van der Waals surface area (Å²) in [5, 5.41) is 6.60. The number of rotatable bonds is 6. The van der Waals surface area contributed by atoms with Crippen molar-refractivity contribution in [3.63, 3.8) is 0 Å². The van der Waals surface area contributed by atoms with Gasteiger partial charge in [-0.2, -0.15) is 0 Å². The first-order valence-electron chi connectivity index (χ1n) is 10.1. The van der Waals surface area contributed by atoms with Gasteiger partial charge in [0.05, 0.1) is 6.04 Å². The van der Waals surface area contributed by atoms with Crippen molar-refractivity contribution in [2.24, 2.45) is 5.92 Å². The molecule has 154 valence electrons. The fourth-order valence-electron chi connectivity index (χ4n) is 3.61. The number of carbonyl (C=O) groups excluding carboxylic acids is 2. The molecule has 2 aromatic rings. The maximum Gasteiger partial charge on any atom is 0.241 e. The number of anilines is 1. The van der Waals surface area contributed by atoms with E-state index in [4.69, 9.17) is 11.6 Å². The predicted molar refractivity (Wildman–Crippen MR) is 117 cm³/mol. The number of piperidine rings is 1. The van der Waals surface area contributed by atoms with Gasteiger partial charge in [-0.3, -0.25) is 14.5 Å². The highest BCUT2D eigenvalue weighted by atomic mass is 35.5. The molecule has 2 aromatic carbocycles. The molecule has 1 unspecified atom stereocenters. The first kappa shape index (κ1) is 21.3. The molecule has 1 aliphatic rings. The number of likely N-dealkylation sites (tertiary alicyclic amines) is 1. The number of aryl methyl sites for hydroxylation is 1. The van der Waals surface area contributed by atoms with Gasteiger partial charge in [0.25, 0.3) is 0 Å². The molecular formula is C23H28ClN3O2. The van der Waals surface area contributed by atoms with E-state index in [0.29, 0.717) is 11.6 Å². The van der Waals surface area contributed by atoms with E-state index in [1.807, 2.05) is 56.3 Å². The van der Waals surface area contributed by atoms with Crippen LogP contribution in [0.15, 0.2) is 48.5 Å².